The van der Waals surface area contributed by atoms with Crippen molar-refractivity contribution in [3.05, 3.63) is 22.7 Å². The topological polar surface area (TPSA) is 38.7 Å². The molecule has 7 heteroatoms. The van der Waals surface area contributed by atoms with Crippen molar-refractivity contribution in [1.82, 2.24) is 0 Å². The Morgan fingerprint density at radius 3 is 2.50 bits per heavy atom. The van der Waals surface area contributed by atoms with Crippen LogP contribution in [0.4, 0.5) is 18.9 Å². The molecule has 3 nitrogen and oxygen atoms in total. The Morgan fingerprint density at radius 2 is 2.06 bits per heavy atom. The van der Waals surface area contributed by atoms with Crippen LogP contribution in [0.5, 0.6) is 5.75 Å². The van der Waals surface area contributed by atoms with Crippen LogP contribution in [0, 0.1) is 0 Å². The van der Waals surface area contributed by atoms with Crippen LogP contribution >= 0.6 is 11.6 Å². The van der Waals surface area contributed by atoms with Crippen molar-refractivity contribution in [1.29, 1.82) is 0 Å². The quantitative estimate of drug-likeness (QED) is 0.597. The standard InChI is InChI=1S/C9H5ClF3NO2/c1-16-8-3-6(10)5(9(11,12)13)2-7(8)14-4-15/h2-3H,1H3. The predicted octanol–water partition coefficient (Wildman–Crippen LogP) is 3.33. The number of nitrogens with zero attached hydrogens (tertiary/aromatic N) is 1. The third kappa shape index (κ3) is 2.53. The van der Waals surface area contributed by atoms with Gasteiger partial charge in [-0.05, 0) is 6.07 Å². The van der Waals surface area contributed by atoms with E-state index in [2.05, 4.69) is 4.99 Å². The van der Waals surface area contributed by atoms with Crippen LogP contribution < -0.4 is 4.74 Å². The Kier molecular flexibility index (Phi) is 3.57. The molecule has 1 aromatic carbocycles. The van der Waals surface area contributed by atoms with E-state index in [0.29, 0.717) is 6.07 Å². The van der Waals surface area contributed by atoms with E-state index in [0.717, 1.165) is 12.1 Å². The number of hydrogen-bond acceptors (Lipinski definition) is 3. The average Bonchev–Trinajstić information content (AvgIpc) is 2.18. The molecule has 0 spiro atoms. The predicted molar refractivity (Wildman–Crippen MR) is 50.8 cm³/mol. The van der Waals surface area contributed by atoms with Crippen LogP contribution in [0.15, 0.2) is 17.1 Å². The van der Waals surface area contributed by atoms with Gasteiger partial charge in [-0.1, -0.05) is 11.6 Å². The van der Waals surface area contributed by atoms with E-state index >= 15 is 0 Å². The van der Waals surface area contributed by atoms with Crippen LogP contribution in [0.1, 0.15) is 5.56 Å². The number of ether oxygens (including phenoxy) is 1. The summed E-state index contributed by atoms with van der Waals surface area (Å²) in [4.78, 5) is 13.1. The molecule has 86 valence electrons. The van der Waals surface area contributed by atoms with E-state index in [1.807, 2.05) is 0 Å². The molecule has 0 bridgehead atoms. The third-order valence-electron chi connectivity index (χ3n) is 1.74. The lowest BCUT2D eigenvalue weighted by Crippen LogP contribution is -2.05. The van der Waals surface area contributed by atoms with Crippen molar-refractivity contribution >= 4 is 23.4 Å². The summed E-state index contributed by atoms with van der Waals surface area (Å²) in [6.45, 7) is 0. The molecular weight excluding hydrogens is 247 g/mol. The van der Waals surface area contributed by atoms with E-state index in [1.54, 1.807) is 0 Å². The molecule has 0 aliphatic carbocycles. The molecule has 0 N–H and O–H groups in total. The van der Waals surface area contributed by atoms with Crippen LogP contribution in [-0.2, 0) is 11.0 Å². The molecule has 0 aliphatic rings. The van der Waals surface area contributed by atoms with Gasteiger partial charge in [-0.15, -0.1) is 0 Å². The van der Waals surface area contributed by atoms with Gasteiger partial charge in [-0.25, -0.2) is 4.79 Å². The third-order valence-corrected chi connectivity index (χ3v) is 2.05. The lowest BCUT2D eigenvalue weighted by Gasteiger charge is -2.11. The monoisotopic (exact) mass is 251 g/mol. The Labute approximate surface area is 93.5 Å². The number of alkyl halides is 3. The van der Waals surface area contributed by atoms with E-state index in [9.17, 15) is 18.0 Å². The van der Waals surface area contributed by atoms with E-state index < -0.39 is 16.8 Å². The largest absolute Gasteiger partial charge is 0.494 e. The minimum atomic E-state index is -4.61. The van der Waals surface area contributed by atoms with Crippen molar-refractivity contribution < 1.29 is 22.7 Å². The van der Waals surface area contributed by atoms with Gasteiger partial charge in [0.2, 0.25) is 6.08 Å². The number of rotatable bonds is 2. The lowest BCUT2D eigenvalue weighted by atomic mass is 10.2. The fourth-order valence-electron chi connectivity index (χ4n) is 1.06. The molecule has 1 aromatic rings. The highest BCUT2D eigenvalue weighted by molar-refractivity contribution is 6.31. The van der Waals surface area contributed by atoms with Gasteiger partial charge in [-0.3, -0.25) is 0 Å². The maximum absolute atomic E-state index is 12.4. The van der Waals surface area contributed by atoms with Gasteiger partial charge in [0.1, 0.15) is 11.4 Å². The van der Waals surface area contributed by atoms with Crippen LogP contribution in [-0.4, -0.2) is 13.2 Å². The van der Waals surface area contributed by atoms with Crippen molar-refractivity contribution in [2.45, 2.75) is 6.18 Å². The summed E-state index contributed by atoms with van der Waals surface area (Å²) in [7, 11) is 1.22. The molecule has 0 atom stereocenters. The zero-order chi connectivity index (χ0) is 12.3. The second-order valence-corrected chi connectivity index (χ2v) is 3.11. The zero-order valence-corrected chi connectivity index (χ0v) is 8.69. The van der Waals surface area contributed by atoms with Crippen LogP contribution in [0.2, 0.25) is 5.02 Å². The molecular formula is C9H5ClF3NO2. The molecule has 0 radical (unpaired) electrons. The maximum Gasteiger partial charge on any atom is 0.417 e. The second kappa shape index (κ2) is 4.55. The Bertz CT molecular complexity index is 453. The molecule has 16 heavy (non-hydrogen) atoms. The zero-order valence-electron chi connectivity index (χ0n) is 7.93. The number of benzene rings is 1. The van der Waals surface area contributed by atoms with Crippen LogP contribution in [0.25, 0.3) is 0 Å². The van der Waals surface area contributed by atoms with Gasteiger partial charge in [0, 0.05) is 6.07 Å². The molecule has 0 unspecified atom stereocenters. The highest BCUT2D eigenvalue weighted by Crippen LogP contribution is 2.41. The second-order valence-electron chi connectivity index (χ2n) is 2.70. The van der Waals surface area contributed by atoms with Gasteiger partial charge in [0.15, 0.2) is 0 Å². The summed E-state index contributed by atoms with van der Waals surface area (Å²) in [6, 6.07) is 1.58. The smallest absolute Gasteiger partial charge is 0.417 e. The van der Waals surface area contributed by atoms with Crippen molar-refractivity contribution in [2.24, 2.45) is 4.99 Å². The van der Waals surface area contributed by atoms with Gasteiger partial charge < -0.3 is 4.74 Å². The Morgan fingerprint density at radius 1 is 1.44 bits per heavy atom. The van der Waals surface area contributed by atoms with E-state index in [1.165, 1.54) is 7.11 Å². The number of aliphatic imine (C=N–C) groups is 1. The molecule has 0 fully saturated rings. The van der Waals surface area contributed by atoms with E-state index in [-0.39, 0.29) is 11.4 Å². The number of halogens is 4. The number of methoxy groups -OCH3 is 1. The van der Waals surface area contributed by atoms with Crippen molar-refractivity contribution in [2.75, 3.05) is 7.11 Å². The summed E-state index contributed by atoms with van der Waals surface area (Å²) in [5.41, 5.74) is -1.35. The molecule has 0 saturated carbocycles. The lowest BCUT2D eigenvalue weighted by molar-refractivity contribution is -0.137. The van der Waals surface area contributed by atoms with E-state index in [4.69, 9.17) is 16.3 Å². The number of carbonyl (C=O) groups excluding carboxylic acids is 1. The fourth-order valence-corrected chi connectivity index (χ4v) is 1.32. The number of hydrogen-bond donors (Lipinski definition) is 0. The van der Waals surface area contributed by atoms with Crippen LogP contribution in [0.3, 0.4) is 0 Å². The average molecular weight is 252 g/mol. The first-order chi connectivity index (χ1) is 7.40. The molecule has 0 heterocycles. The van der Waals surface area contributed by atoms with Gasteiger partial charge in [-0.2, -0.15) is 18.2 Å². The summed E-state index contributed by atoms with van der Waals surface area (Å²) in [6.07, 6.45) is -3.47. The summed E-state index contributed by atoms with van der Waals surface area (Å²) < 4.78 is 42.0. The minimum Gasteiger partial charge on any atom is -0.494 e. The first-order valence-electron chi connectivity index (χ1n) is 3.92. The SMILES string of the molecule is COc1cc(Cl)c(C(F)(F)F)cc1N=C=O. The molecule has 0 aromatic heterocycles. The molecule has 1 rings (SSSR count). The normalized spacial score (nSPS) is 10.8. The first-order valence-corrected chi connectivity index (χ1v) is 4.30. The summed E-state index contributed by atoms with van der Waals surface area (Å²) in [5.74, 6) is -0.0265. The maximum atomic E-state index is 12.4. The molecule has 0 aliphatic heterocycles. The van der Waals surface area contributed by atoms with Crippen molar-refractivity contribution in [3.63, 3.8) is 0 Å². The van der Waals surface area contributed by atoms with Gasteiger partial charge in [0.05, 0.1) is 17.7 Å². The molecule has 0 amide bonds. The van der Waals surface area contributed by atoms with Crippen molar-refractivity contribution in [3.8, 4) is 5.75 Å². The first kappa shape index (κ1) is 12.5. The highest BCUT2D eigenvalue weighted by Gasteiger charge is 2.34. The van der Waals surface area contributed by atoms with Gasteiger partial charge in [0.25, 0.3) is 0 Å². The fraction of sp³-hybridized carbons (Fsp3) is 0.222. The Hall–Kier alpha value is -1.52. The summed E-state index contributed by atoms with van der Waals surface area (Å²) in [5, 5.41) is -0.519. The molecule has 0 saturated heterocycles. The Balaban J connectivity index is 3.45. The highest BCUT2D eigenvalue weighted by atomic mass is 35.5. The summed E-state index contributed by atoms with van der Waals surface area (Å²) >= 11 is 5.42. The minimum absolute atomic E-state index is 0.0265. The van der Waals surface area contributed by atoms with Gasteiger partial charge >= 0.3 is 6.18 Å². The number of isocyanates is 1.